The standard InChI is InChI=1S/C10H19NO3S/c12-6-4-9-3-5-11(7-9)15(13,14)8-10-1-2-10/h9-10,12H,1-8H2. The van der Waals surface area contributed by atoms with Gasteiger partial charge in [-0.3, -0.25) is 0 Å². The molecule has 1 aliphatic carbocycles. The molecule has 2 rings (SSSR count). The number of aliphatic hydroxyl groups is 1. The van der Waals surface area contributed by atoms with Crippen LogP contribution >= 0.6 is 0 Å². The smallest absolute Gasteiger partial charge is 0.214 e. The molecule has 1 saturated carbocycles. The summed E-state index contributed by atoms with van der Waals surface area (Å²) in [6.07, 6.45) is 3.79. The number of hydrogen-bond donors (Lipinski definition) is 1. The van der Waals surface area contributed by atoms with Crippen molar-refractivity contribution in [3.63, 3.8) is 0 Å². The third-order valence-electron chi connectivity index (χ3n) is 3.32. The van der Waals surface area contributed by atoms with Gasteiger partial charge < -0.3 is 5.11 Å². The Labute approximate surface area is 91.3 Å². The molecule has 1 saturated heterocycles. The molecule has 1 atom stereocenters. The summed E-state index contributed by atoms with van der Waals surface area (Å²) in [7, 11) is -3.00. The Morgan fingerprint density at radius 1 is 1.20 bits per heavy atom. The van der Waals surface area contributed by atoms with E-state index in [0.717, 1.165) is 25.7 Å². The summed E-state index contributed by atoms with van der Waals surface area (Å²) < 4.78 is 25.4. The third kappa shape index (κ3) is 2.92. The van der Waals surface area contributed by atoms with Crippen molar-refractivity contribution in [3.8, 4) is 0 Å². The topological polar surface area (TPSA) is 57.6 Å². The van der Waals surface area contributed by atoms with Crippen LogP contribution in [-0.4, -0.2) is 43.3 Å². The van der Waals surface area contributed by atoms with Crippen LogP contribution in [0, 0.1) is 11.8 Å². The first-order valence-corrected chi connectivity index (χ1v) is 7.31. The van der Waals surface area contributed by atoms with Crippen LogP contribution in [0.2, 0.25) is 0 Å². The van der Waals surface area contributed by atoms with Gasteiger partial charge >= 0.3 is 0 Å². The lowest BCUT2D eigenvalue weighted by molar-refractivity contribution is 0.259. The molecule has 88 valence electrons. The van der Waals surface area contributed by atoms with Crippen LogP contribution in [-0.2, 0) is 10.0 Å². The first kappa shape index (κ1) is 11.4. The summed E-state index contributed by atoms with van der Waals surface area (Å²) in [5.41, 5.74) is 0. The van der Waals surface area contributed by atoms with Gasteiger partial charge in [0, 0.05) is 19.7 Å². The molecule has 2 fully saturated rings. The highest BCUT2D eigenvalue weighted by Gasteiger charge is 2.35. The Balaban J connectivity index is 1.88. The van der Waals surface area contributed by atoms with Crippen LogP contribution in [0.5, 0.6) is 0 Å². The van der Waals surface area contributed by atoms with E-state index >= 15 is 0 Å². The van der Waals surface area contributed by atoms with E-state index in [0.29, 0.717) is 30.7 Å². The highest BCUT2D eigenvalue weighted by atomic mass is 32.2. The second-order valence-electron chi connectivity index (χ2n) is 4.75. The Morgan fingerprint density at radius 2 is 1.93 bits per heavy atom. The average molecular weight is 233 g/mol. The Bertz CT molecular complexity index is 311. The molecule has 1 aliphatic heterocycles. The van der Waals surface area contributed by atoms with Gasteiger partial charge in [0.1, 0.15) is 0 Å². The number of sulfonamides is 1. The number of aliphatic hydroxyl groups excluding tert-OH is 1. The molecule has 0 aromatic heterocycles. The van der Waals surface area contributed by atoms with Gasteiger partial charge in [-0.1, -0.05) is 0 Å². The van der Waals surface area contributed by atoms with Crippen LogP contribution in [0.25, 0.3) is 0 Å². The van der Waals surface area contributed by atoms with Gasteiger partial charge in [0.25, 0.3) is 0 Å². The third-order valence-corrected chi connectivity index (χ3v) is 5.33. The number of rotatable bonds is 5. The lowest BCUT2D eigenvalue weighted by atomic mass is 10.1. The van der Waals surface area contributed by atoms with Crippen LogP contribution in [0.1, 0.15) is 25.7 Å². The fraction of sp³-hybridized carbons (Fsp3) is 1.00. The van der Waals surface area contributed by atoms with E-state index in [1.165, 1.54) is 0 Å². The second kappa shape index (κ2) is 4.39. The zero-order chi connectivity index (χ0) is 10.9. The van der Waals surface area contributed by atoms with Gasteiger partial charge in [0.15, 0.2) is 0 Å². The van der Waals surface area contributed by atoms with E-state index in [-0.39, 0.29) is 6.61 Å². The van der Waals surface area contributed by atoms with Crippen molar-refractivity contribution >= 4 is 10.0 Å². The maximum absolute atomic E-state index is 11.9. The number of nitrogens with zero attached hydrogens (tertiary/aromatic N) is 1. The van der Waals surface area contributed by atoms with Gasteiger partial charge in [-0.15, -0.1) is 0 Å². The van der Waals surface area contributed by atoms with Crippen LogP contribution in [0.4, 0.5) is 0 Å². The lowest BCUT2D eigenvalue weighted by Gasteiger charge is -2.16. The van der Waals surface area contributed by atoms with Crippen molar-refractivity contribution in [2.45, 2.75) is 25.7 Å². The van der Waals surface area contributed by atoms with Gasteiger partial charge in [-0.05, 0) is 37.5 Å². The second-order valence-corrected chi connectivity index (χ2v) is 6.76. The van der Waals surface area contributed by atoms with Crippen molar-refractivity contribution in [1.29, 1.82) is 0 Å². The monoisotopic (exact) mass is 233 g/mol. The van der Waals surface area contributed by atoms with E-state index in [2.05, 4.69) is 0 Å². The molecule has 0 amide bonds. The average Bonchev–Trinajstić information content (AvgIpc) is 2.82. The molecule has 2 aliphatic rings. The summed E-state index contributed by atoms with van der Waals surface area (Å²) in [6, 6.07) is 0. The van der Waals surface area contributed by atoms with Gasteiger partial charge in [-0.25, -0.2) is 12.7 Å². The van der Waals surface area contributed by atoms with E-state index < -0.39 is 10.0 Å². The maximum Gasteiger partial charge on any atom is 0.214 e. The van der Waals surface area contributed by atoms with Gasteiger partial charge in [0.2, 0.25) is 10.0 Å². The fourth-order valence-corrected chi connectivity index (χ4v) is 4.12. The predicted octanol–water partition coefficient (Wildman–Crippen LogP) is 0.430. The number of hydrogen-bond acceptors (Lipinski definition) is 3. The molecule has 0 aromatic rings. The van der Waals surface area contributed by atoms with Crippen LogP contribution in [0.15, 0.2) is 0 Å². The van der Waals surface area contributed by atoms with Crippen molar-refractivity contribution in [1.82, 2.24) is 4.31 Å². The van der Waals surface area contributed by atoms with Crippen LogP contribution in [0.3, 0.4) is 0 Å². The minimum absolute atomic E-state index is 0.168. The van der Waals surface area contributed by atoms with Crippen molar-refractivity contribution in [2.24, 2.45) is 11.8 Å². The summed E-state index contributed by atoms with van der Waals surface area (Å²) >= 11 is 0. The summed E-state index contributed by atoms with van der Waals surface area (Å²) in [5, 5.41) is 8.80. The zero-order valence-corrected chi connectivity index (χ0v) is 9.75. The summed E-state index contributed by atoms with van der Waals surface area (Å²) in [4.78, 5) is 0. The molecule has 1 heterocycles. The molecule has 1 N–H and O–H groups in total. The predicted molar refractivity (Wildman–Crippen MR) is 57.9 cm³/mol. The SMILES string of the molecule is O=S(=O)(CC1CC1)N1CCC(CCO)C1. The molecule has 0 aromatic carbocycles. The van der Waals surface area contributed by atoms with E-state index in [1.807, 2.05) is 0 Å². The largest absolute Gasteiger partial charge is 0.396 e. The molecular weight excluding hydrogens is 214 g/mol. The molecule has 4 nitrogen and oxygen atoms in total. The molecule has 0 radical (unpaired) electrons. The fourth-order valence-electron chi connectivity index (χ4n) is 2.16. The highest BCUT2D eigenvalue weighted by molar-refractivity contribution is 7.89. The van der Waals surface area contributed by atoms with Gasteiger partial charge in [0.05, 0.1) is 5.75 Å². The Hall–Kier alpha value is -0.130. The first-order valence-electron chi connectivity index (χ1n) is 5.70. The van der Waals surface area contributed by atoms with Crippen molar-refractivity contribution in [3.05, 3.63) is 0 Å². The van der Waals surface area contributed by atoms with Crippen molar-refractivity contribution in [2.75, 3.05) is 25.4 Å². The first-order chi connectivity index (χ1) is 7.12. The van der Waals surface area contributed by atoms with E-state index in [4.69, 9.17) is 5.11 Å². The maximum atomic E-state index is 11.9. The molecular formula is C10H19NO3S. The summed E-state index contributed by atoms with van der Waals surface area (Å²) in [5.74, 6) is 1.13. The lowest BCUT2D eigenvalue weighted by Crippen LogP contribution is -2.31. The van der Waals surface area contributed by atoms with Crippen LogP contribution < -0.4 is 0 Å². The molecule has 0 bridgehead atoms. The molecule has 5 heteroatoms. The Kier molecular flexibility index (Phi) is 3.33. The molecule has 1 unspecified atom stereocenters. The summed E-state index contributed by atoms with van der Waals surface area (Å²) in [6.45, 7) is 1.44. The minimum atomic E-state index is -3.00. The molecule has 15 heavy (non-hydrogen) atoms. The molecule has 0 spiro atoms. The minimum Gasteiger partial charge on any atom is -0.396 e. The van der Waals surface area contributed by atoms with E-state index in [1.54, 1.807) is 4.31 Å². The highest BCUT2D eigenvalue weighted by Crippen LogP contribution is 2.32. The van der Waals surface area contributed by atoms with E-state index in [9.17, 15) is 8.42 Å². The van der Waals surface area contributed by atoms with Gasteiger partial charge in [-0.2, -0.15) is 0 Å². The quantitative estimate of drug-likeness (QED) is 0.749. The zero-order valence-electron chi connectivity index (χ0n) is 8.93. The normalized spacial score (nSPS) is 28.5. The Morgan fingerprint density at radius 3 is 2.53 bits per heavy atom. The van der Waals surface area contributed by atoms with Crippen molar-refractivity contribution < 1.29 is 13.5 Å².